The second-order valence-corrected chi connectivity index (χ2v) is 11.0. The molecule has 0 amide bonds. The monoisotopic (exact) mass is 475 g/mol. The number of benzene rings is 1. The molecule has 0 atom stereocenters. The maximum Gasteiger partial charge on any atom is 0.496 e. The first-order valence-corrected chi connectivity index (χ1v) is 12.0. The molecule has 0 aliphatic carbocycles. The van der Waals surface area contributed by atoms with E-state index in [0.717, 1.165) is 48.4 Å². The van der Waals surface area contributed by atoms with E-state index in [2.05, 4.69) is 15.5 Å². The van der Waals surface area contributed by atoms with Crippen LogP contribution in [0.25, 0.3) is 10.9 Å². The van der Waals surface area contributed by atoms with Crippen molar-refractivity contribution in [1.29, 1.82) is 0 Å². The Hall–Kier alpha value is -1.65. The summed E-state index contributed by atoms with van der Waals surface area (Å²) in [6.07, 6.45) is 0.581. The van der Waals surface area contributed by atoms with Crippen molar-refractivity contribution in [2.24, 2.45) is 0 Å². The van der Waals surface area contributed by atoms with Gasteiger partial charge in [-0.15, -0.1) is 0 Å². The molecule has 2 aliphatic heterocycles. The average Bonchev–Trinajstić information content (AvgIpc) is 2.94. The van der Waals surface area contributed by atoms with Crippen LogP contribution >= 0.6 is 11.6 Å². The summed E-state index contributed by atoms with van der Waals surface area (Å²) in [7, 11) is -0.573. The zero-order chi connectivity index (χ0) is 24.0. The predicted molar refractivity (Wildman–Crippen MR) is 135 cm³/mol. The summed E-state index contributed by atoms with van der Waals surface area (Å²) in [5.41, 5.74) is -0.147. The van der Waals surface area contributed by atoms with Gasteiger partial charge in [0.25, 0.3) is 0 Å². The minimum atomic E-state index is -0.761. The Bertz CT molecular complexity index is 1010. The minimum absolute atomic E-state index is 0.461. The van der Waals surface area contributed by atoms with Crippen LogP contribution in [0.4, 0.5) is 11.8 Å². The van der Waals surface area contributed by atoms with E-state index in [1.807, 2.05) is 39.8 Å². The van der Waals surface area contributed by atoms with Crippen molar-refractivity contribution in [3.63, 3.8) is 0 Å². The minimum Gasteiger partial charge on any atom is -0.399 e. The Morgan fingerprint density at radius 3 is 2.39 bits per heavy atom. The molecule has 2 saturated heterocycles. The van der Waals surface area contributed by atoms with Gasteiger partial charge in [-0.05, 0) is 60.1 Å². The van der Waals surface area contributed by atoms with Gasteiger partial charge in [-0.1, -0.05) is 11.6 Å². The van der Waals surface area contributed by atoms with E-state index >= 15 is 0 Å². The van der Waals surface area contributed by atoms with Gasteiger partial charge in [-0.3, -0.25) is 0 Å². The number of nitrogens with zero attached hydrogens (tertiary/aromatic N) is 3. The number of anilines is 2. The molecule has 0 spiro atoms. The largest absolute Gasteiger partial charge is 0.496 e. The number of rotatable bonds is 6. The van der Waals surface area contributed by atoms with Crippen LogP contribution in [-0.4, -0.2) is 71.7 Å². The number of hydrogen-bond acceptors (Lipinski definition) is 8. The third-order valence-corrected chi connectivity index (χ3v) is 7.07. The van der Waals surface area contributed by atoms with E-state index in [9.17, 15) is 5.11 Å². The molecule has 0 unspecified atom stereocenters. The first-order chi connectivity index (χ1) is 15.4. The summed E-state index contributed by atoms with van der Waals surface area (Å²) in [6, 6.07) is 3.88. The van der Waals surface area contributed by atoms with Crippen LogP contribution in [0.2, 0.25) is 5.02 Å². The standard InChI is InChI=1S/C23H35BClN5O3/c1-21(2,31)7-8-27-20-28-18-14-16(24-32-22(3,4)23(5,6)33-24)17(25)13-15(18)19(29-20)30-11-9-26-10-12-30/h13-14,26,31H,7-12H2,1-6H3,(H,27,28,29). The lowest BCUT2D eigenvalue weighted by atomic mass is 9.78. The lowest BCUT2D eigenvalue weighted by molar-refractivity contribution is 0.00578. The fraction of sp³-hybridized carbons (Fsp3) is 0.652. The predicted octanol–water partition coefficient (Wildman–Crippen LogP) is 2.56. The average molecular weight is 476 g/mol. The second-order valence-electron chi connectivity index (χ2n) is 10.6. The van der Waals surface area contributed by atoms with E-state index in [0.29, 0.717) is 23.9 Å². The van der Waals surface area contributed by atoms with Gasteiger partial charge in [0.2, 0.25) is 5.95 Å². The first-order valence-electron chi connectivity index (χ1n) is 11.7. The molecule has 0 saturated carbocycles. The van der Waals surface area contributed by atoms with Gasteiger partial charge >= 0.3 is 7.12 Å². The molecule has 3 heterocycles. The number of aliphatic hydroxyl groups is 1. The molecule has 8 nitrogen and oxygen atoms in total. The number of nitrogens with one attached hydrogen (secondary N) is 2. The molecular formula is C23H35BClN5O3. The van der Waals surface area contributed by atoms with Crippen molar-refractivity contribution >= 4 is 46.9 Å². The van der Waals surface area contributed by atoms with Gasteiger partial charge < -0.3 is 29.9 Å². The lowest BCUT2D eigenvalue weighted by Crippen LogP contribution is -2.44. The topological polar surface area (TPSA) is 91.8 Å². The molecule has 1 aromatic carbocycles. The molecule has 3 N–H and O–H groups in total. The van der Waals surface area contributed by atoms with Crippen LogP contribution < -0.4 is 21.0 Å². The molecule has 33 heavy (non-hydrogen) atoms. The summed E-state index contributed by atoms with van der Waals surface area (Å²) in [4.78, 5) is 11.9. The second kappa shape index (κ2) is 8.85. The Labute approximate surface area is 201 Å². The Morgan fingerprint density at radius 1 is 1.15 bits per heavy atom. The molecule has 0 radical (unpaired) electrons. The highest BCUT2D eigenvalue weighted by atomic mass is 35.5. The van der Waals surface area contributed by atoms with E-state index in [-0.39, 0.29) is 0 Å². The molecule has 4 rings (SSSR count). The van der Waals surface area contributed by atoms with Crippen molar-refractivity contribution in [2.45, 2.75) is 64.8 Å². The van der Waals surface area contributed by atoms with Gasteiger partial charge in [-0.25, -0.2) is 4.98 Å². The third kappa shape index (κ3) is 5.22. The number of fused-ring (bicyclic) bond motifs is 1. The van der Waals surface area contributed by atoms with Crippen LogP contribution in [0.15, 0.2) is 12.1 Å². The van der Waals surface area contributed by atoms with Gasteiger partial charge in [0, 0.05) is 48.6 Å². The molecule has 10 heteroatoms. The van der Waals surface area contributed by atoms with Crippen LogP contribution in [0.5, 0.6) is 0 Å². The van der Waals surface area contributed by atoms with Crippen LogP contribution in [0.1, 0.15) is 48.0 Å². The summed E-state index contributed by atoms with van der Waals surface area (Å²) in [5, 5.41) is 18.2. The molecule has 180 valence electrons. The fourth-order valence-electron chi connectivity index (χ4n) is 3.98. The Balaban J connectivity index is 1.73. The molecule has 0 bridgehead atoms. The third-order valence-electron chi connectivity index (χ3n) is 6.74. The van der Waals surface area contributed by atoms with Crippen molar-refractivity contribution in [3.8, 4) is 0 Å². The highest BCUT2D eigenvalue weighted by Crippen LogP contribution is 2.38. The SMILES string of the molecule is CC(C)(O)CCNc1nc(N2CCNCC2)c2cc(Cl)c(B3OC(C)(C)C(C)(C)O3)cc2n1. The van der Waals surface area contributed by atoms with Crippen LogP contribution in [-0.2, 0) is 9.31 Å². The Kier molecular flexibility index (Phi) is 6.57. The molecule has 2 fully saturated rings. The maximum absolute atomic E-state index is 10.1. The van der Waals surface area contributed by atoms with Crippen molar-refractivity contribution in [3.05, 3.63) is 17.2 Å². The van der Waals surface area contributed by atoms with Crippen LogP contribution in [0.3, 0.4) is 0 Å². The quantitative estimate of drug-likeness (QED) is 0.549. The molecule has 1 aromatic heterocycles. The number of hydrogen-bond donors (Lipinski definition) is 3. The summed E-state index contributed by atoms with van der Waals surface area (Å²) in [6.45, 7) is 15.7. The summed E-state index contributed by atoms with van der Waals surface area (Å²) >= 11 is 6.76. The highest BCUT2D eigenvalue weighted by Gasteiger charge is 2.52. The van der Waals surface area contributed by atoms with Crippen molar-refractivity contribution < 1.29 is 14.4 Å². The van der Waals surface area contributed by atoms with Crippen LogP contribution in [0, 0.1) is 0 Å². The zero-order valence-corrected chi connectivity index (χ0v) is 21.2. The Morgan fingerprint density at radius 2 is 1.79 bits per heavy atom. The van der Waals surface area contributed by atoms with E-state index in [4.69, 9.17) is 30.9 Å². The lowest BCUT2D eigenvalue weighted by Gasteiger charge is -2.32. The summed E-state index contributed by atoms with van der Waals surface area (Å²) in [5.74, 6) is 1.39. The zero-order valence-electron chi connectivity index (χ0n) is 20.5. The van der Waals surface area contributed by atoms with Gasteiger partial charge in [-0.2, -0.15) is 4.98 Å². The normalized spacial score (nSPS) is 20.5. The summed E-state index contributed by atoms with van der Waals surface area (Å²) < 4.78 is 12.5. The van der Waals surface area contributed by atoms with E-state index < -0.39 is 23.9 Å². The molecule has 2 aromatic rings. The molecular weight excluding hydrogens is 441 g/mol. The van der Waals surface area contributed by atoms with Gasteiger partial charge in [0.1, 0.15) is 5.82 Å². The number of aromatic nitrogens is 2. The van der Waals surface area contributed by atoms with Crippen molar-refractivity contribution in [1.82, 2.24) is 15.3 Å². The smallest absolute Gasteiger partial charge is 0.399 e. The van der Waals surface area contributed by atoms with E-state index in [1.54, 1.807) is 13.8 Å². The number of halogens is 1. The molecule has 2 aliphatic rings. The van der Waals surface area contributed by atoms with Gasteiger partial charge in [0.15, 0.2) is 0 Å². The van der Waals surface area contributed by atoms with Crippen molar-refractivity contribution in [2.75, 3.05) is 42.9 Å². The number of piperazine rings is 1. The fourth-order valence-corrected chi connectivity index (χ4v) is 4.23. The first kappa shape index (κ1) is 24.5. The maximum atomic E-state index is 10.1. The highest BCUT2D eigenvalue weighted by molar-refractivity contribution is 6.66. The van der Waals surface area contributed by atoms with E-state index in [1.165, 1.54) is 0 Å². The van der Waals surface area contributed by atoms with Gasteiger partial charge in [0.05, 0.1) is 22.3 Å².